The molecule has 2 aliphatic heterocycles. The fraction of sp³-hybridized carbons (Fsp3) is 0.577. The van der Waals surface area contributed by atoms with Gasteiger partial charge in [-0.25, -0.2) is 13.8 Å². The van der Waals surface area contributed by atoms with E-state index in [9.17, 15) is 13.6 Å². The minimum absolute atomic E-state index is 0.188. The zero-order chi connectivity index (χ0) is 25.2. The lowest BCUT2D eigenvalue weighted by Crippen LogP contribution is -2.40. The molecule has 2 saturated heterocycles. The van der Waals surface area contributed by atoms with Crippen LogP contribution in [0.2, 0.25) is 0 Å². The third kappa shape index (κ3) is 6.05. The highest BCUT2D eigenvalue weighted by molar-refractivity contribution is 7.80. The van der Waals surface area contributed by atoms with E-state index < -0.39 is 5.92 Å². The Balaban J connectivity index is 0.00000141. The third-order valence-corrected chi connectivity index (χ3v) is 7.49. The Bertz CT molecular complexity index is 1060. The normalized spacial score (nSPS) is 20.2. The molecule has 5 rings (SSSR count). The number of amides is 1. The summed E-state index contributed by atoms with van der Waals surface area (Å²) in [6, 6.07) is 7.27. The van der Waals surface area contributed by atoms with Gasteiger partial charge in [0.25, 0.3) is 11.8 Å². The van der Waals surface area contributed by atoms with Crippen LogP contribution >= 0.6 is 12.6 Å². The zero-order valence-electron chi connectivity index (χ0n) is 20.8. The van der Waals surface area contributed by atoms with Crippen LogP contribution in [0.1, 0.15) is 68.4 Å². The smallest absolute Gasteiger partial charge is 0.258 e. The summed E-state index contributed by atoms with van der Waals surface area (Å²) < 4.78 is 27.1. The van der Waals surface area contributed by atoms with Gasteiger partial charge in [-0.15, -0.1) is 12.6 Å². The van der Waals surface area contributed by atoms with Crippen molar-refractivity contribution in [1.29, 1.82) is 0 Å². The number of aryl methyl sites for hydroxylation is 1. The Morgan fingerprint density at radius 2 is 1.57 bits per heavy atom. The highest BCUT2D eigenvalue weighted by Crippen LogP contribution is 2.54. The molecule has 1 amide bonds. The van der Waals surface area contributed by atoms with Crippen LogP contribution in [0, 0.1) is 12.3 Å². The quantitative estimate of drug-likeness (QED) is 0.504. The first-order valence-electron chi connectivity index (χ1n) is 12.6. The molecule has 3 heterocycles. The average Bonchev–Trinajstić information content (AvgIpc) is 3.59. The maximum Gasteiger partial charge on any atom is 0.258 e. The van der Waals surface area contributed by atoms with Gasteiger partial charge in [0.05, 0.1) is 11.3 Å². The van der Waals surface area contributed by atoms with Gasteiger partial charge in [-0.3, -0.25) is 4.79 Å². The topological polar surface area (TPSA) is 61.4 Å². The lowest BCUT2D eigenvalue weighted by atomic mass is 9.93. The number of carbonyl (C=O) groups excluding carboxylic acids is 1. The van der Waals surface area contributed by atoms with Crippen LogP contribution in [-0.2, 0) is 0 Å². The van der Waals surface area contributed by atoms with Gasteiger partial charge in [0.2, 0.25) is 5.95 Å². The molecule has 9 heteroatoms. The largest absolute Gasteiger partial charge is 0.371 e. The highest BCUT2D eigenvalue weighted by Gasteiger charge is 2.44. The number of carbonyl (C=O) groups is 1. The van der Waals surface area contributed by atoms with E-state index in [4.69, 9.17) is 0 Å². The van der Waals surface area contributed by atoms with E-state index in [2.05, 4.69) is 32.8 Å². The van der Waals surface area contributed by atoms with Crippen molar-refractivity contribution < 1.29 is 13.6 Å². The summed E-state index contributed by atoms with van der Waals surface area (Å²) in [6.45, 7) is 8.06. The van der Waals surface area contributed by atoms with Crippen molar-refractivity contribution in [2.24, 2.45) is 5.41 Å². The number of hydrogen-bond donors (Lipinski definition) is 2. The molecule has 2 aromatic rings. The van der Waals surface area contributed by atoms with Gasteiger partial charge >= 0.3 is 0 Å². The van der Waals surface area contributed by atoms with E-state index in [0.717, 1.165) is 36.5 Å². The fourth-order valence-electron chi connectivity index (χ4n) is 4.85. The summed E-state index contributed by atoms with van der Waals surface area (Å²) in [6.07, 6.45) is 4.53. The molecule has 0 atom stereocenters. The standard InChI is InChI=1S/C24H29F2N5OS.C2H6/c1-16-14-20(29-22(27-16)31-12-8-24(25,26)9-13-31)28-21(32)18-3-2-17(33)15-19(18)30-10-6-23(4-5-23)7-11-30;1-2/h2-3,14-15,33H,4-13H2,1H3,(H,27,28,29,32);1-2H3. The van der Waals surface area contributed by atoms with Gasteiger partial charge in [-0.1, -0.05) is 13.8 Å². The Hall–Kier alpha value is -2.42. The number of thiol groups is 1. The molecule has 190 valence electrons. The maximum absolute atomic E-state index is 13.5. The van der Waals surface area contributed by atoms with Crippen LogP contribution in [0.4, 0.5) is 26.2 Å². The number of halogens is 2. The van der Waals surface area contributed by atoms with Gasteiger partial charge in [0.15, 0.2) is 0 Å². The minimum Gasteiger partial charge on any atom is -0.371 e. The fourth-order valence-corrected chi connectivity index (χ4v) is 5.05. The van der Waals surface area contributed by atoms with E-state index >= 15 is 0 Å². The number of hydrogen-bond acceptors (Lipinski definition) is 6. The number of rotatable bonds is 4. The van der Waals surface area contributed by atoms with Crippen molar-refractivity contribution in [3.8, 4) is 0 Å². The van der Waals surface area contributed by atoms with Crippen LogP contribution in [0.3, 0.4) is 0 Å². The average molecular weight is 504 g/mol. The molecule has 1 spiro atoms. The monoisotopic (exact) mass is 503 g/mol. The van der Waals surface area contributed by atoms with Crippen molar-refractivity contribution in [2.75, 3.05) is 41.3 Å². The Kier molecular flexibility index (Phi) is 7.54. The molecule has 1 N–H and O–H groups in total. The van der Waals surface area contributed by atoms with Gasteiger partial charge in [0.1, 0.15) is 5.82 Å². The number of alkyl halides is 2. The van der Waals surface area contributed by atoms with Crippen LogP contribution in [-0.4, -0.2) is 48.0 Å². The molecule has 0 bridgehead atoms. The molecule has 3 aliphatic rings. The molecular formula is C26H35F2N5OS. The second-order valence-corrected chi connectivity index (χ2v) is 10.2. The number of nitrogens with zero attached hydrogens (tertiary/aromatic N) is 4. The summed E-state index contributed by atoms with van der Waals surface area (Å²) in [5, 5.41) is 2.91. The van der Waals surface area contributed by atoms with Crippen LogP contribution in [0.25, 0.3) is 0 Å². The molecular weight excluding hydrogens is 468 g/mol. The molecule has 0 radical (unpaired) electrons. The van der Waals surface area contributed by atoms with E-state index in [-0.39, 0.29) is 31.8 Å². The van der Waals surface area contributed by atoms with E-state index in [1.54, 1.807) is 17.0 Å². The molecule has 1 aromatic heterocycles. The second kappa shape index (κ2) is 10.3. The summed E-state index contributed by atoms with van der Waals surface area (Å²) in [5.41, 5.74) is 2.68. The Labute approximate surface area is 211 Å². The van der Waals surface area contributed by atoms with Crippen LogP contribution in [0.15, 0.2) is 29.2 Å². The molecule has 3 fully saturated rings. The van der Waals surface area contributed by atoms with Crippen LogP contribution in [0.5, 0.6) is 0 Å². The zero-order valence-corrected chi connectivity index (χ0v) is 21.7. The van der Waals surface area contributed by atoms with Gasteiger partial charge in [0, 0.05) is 55.7 Å². The summed E-state index contributed by atoms with van der Waals surface area (Å²) in [4.78, 5) is 27.0. The number of piperidine rings is 2. The van der Waals surface area contributed by atoms with E-state index in [1.807, 2.05) is 32.9 Å². The predicted molar refractivity (Wildman–Crippen MR) is 139 cm³/mol. The van der Waals surface area contributed by atoms with Crippen molar-refractivity contribution >= 4 is 36.0 Å². The van der Waals surface area contributed by atoms with Gasteiger partial charge < -0.3 is 15.1 Å². The maximum atomic E-state index is 13.5. The number of aromatic nitrogens is 2. The van der Waals surface area contributed by atoms with Crippen molar-refractivity contribution in [3.63, 3.8) is 0 Å². The second-order valence-electron chi connectivity index (χ2n) is 9.68. The molecule has 0 unspecified atom stereocenters. The first kappa shape index (κ1) is 25.7. The Morgan fingerprint density at radius 1 is 0.943 bits per heavy atom. The lowest BCUT2D eigenvalue weighted by molar-refractivity contribution is -0.0222. The number of nitrogens with one attached hydrogen (secondary N) is 1. The molecule has 1 saturated carbocycles. The SMILES string of the molecule is CC.Cc1cc(NC(=O)c2ccc(S)cc2N2CCC3(CC2)CC3)nc(N2CCC(F)(F)CC2)n1. The van der Waals surface area contributed by atoms with Crippen molar-refractivity contribution in [3.05, 3.63) is 35.5 Å². The minimum atomic E-state index is -2.64. The predicted octanol–water partition coefficient (Wildman–Crippen LogP) is 5.97. The Morgan fingerprint density at radius 3 is 2.20 bits per heavy atom. The summed E-state index contributed by atoms with van der Waals surface area (Å²) >= 11 is 4.49. The van der Waals surface area contributed by atoms with E-state index in [0.29, 0.717) is 28.4 Å². The van der Waals surface area contributed by atoms with Crippen LogP contribution < -0.4 is 15.1 Å². The van der Waals surface area contributed by atoms with E-state index in [1.165, 1.54) is 12.8 Å². The first-order valence-corrected chi connectivity index (χ1v) is 13.0. The van der Waals surface area contributed by atoms with Gasteiger partial charge in [-0.05, 0) is 56.2 Å². The van der Waals surface area contributed by atoms with Crippen molar-refractivity contribution in [1.82, 2.24) is 9.97 Å². The van der Waals surface area contributed by atoms with Crippen molar-refractivity contribution in [2.45, 2.75) is 70.1 Å². The summed E-state index contributed by atoms with van der Waals surface area (Å²) in [7, 11) is 0. The summed E-state index contributed by atoms with van der Waals surface area (Å²) in [5.74, 6) is -2.14. The number of anilines is 3. The molecule has 1 aliphatic carbocycles. The molecule has 1 aromatic carbocycles. The number of benzene rings is 1. The van der Waals surface area contributed by atoms with Gasteiger partial charge in [-0.2, -0.15) is 4.98 Å². The highest BCUT2D eigenvalue weighted by atomic mass is 32.1. The molecule has 35 heavy (non-hydrogen) atoms. The lowest BCUT2D eigenvalue weighted by Gasteiger charge is -2.35. The molecule has 6 nitrogen and oxygen atoms in total. The third-order valence-electron chi connectivity index (χ3n) is 7.21. The first-order chi connectivity index (χ1) is 16.7.